The van der Waals surface area contributed by atoms with E-state index in [1.807, 2.05) is 18.2 Å². The fourth-order valence-corrected chi connectivity index (χ4v) is 2.50. The molecule has 0 spiro atoms. The van der Waals surface area contributed by atoms with Crippen LogP contribution in [0.5, 0.6) is 0 Å². The van der Waals surface area contributed by atoms with Crippen molar-refractivity contribution < 1.29 is 9.53 Å². The number of nitrogens with one attached hydrogen (secondary N) is 1. The smallest absolute Gasteiger partial charge is 0.271 e. The van der Waals surface area contributed by atoms with Gasteiger partial charge >= 0.3 is 0 Å². The highest BCUT2D eigenvalue weighted by Crippen LogP contribution is 2.15. The first-order valence-corrected chi connectivity index (χ1v) is 7.78. The fourth-order valence-electron chi connectivity index (χ4n) is 2.30. The van der Waals surface area contributed by atoms with Gasteiger partial charge in [0.2, 0.25) is 0 Å². The zero-order chi connectivity index (χ0) is 16.1. The van der Waals surface area contributed by atoms with Crippen molar-refractivity contribution in [3.05, 3.63) is 52.9 Å². The van der Waals surface area contributed by atoms with Gasteiger partial charge in [0, 0.05) is 24.7 Å². The van der Waals surface area contributed by atoms with E-state index in [2.05, 4.69) is 20.2 Å². The quantitative estimate of drug-likeness (QED) is 0.926. The van der Waals surface area contributed by atoms with Gasteiger partial charge in [-0.1, -0.05) is 29.8 Å². The van der Waals surface area contributed by atoms with Gasteiger partial charge in [-0.2, -0.15) is 0 Å². The third-order valence-electron chi connectivity index (χ3n) is 3.60. The van der Waals surface area contributed by atoms with E-state index in [-0.39, 0.29) is 11.6 Å². The second-order valence-corrected chi connectivity index (χ2v) is 5.54. The molecule has 7 heteroatoms. The van der Waals surface area contributed by atoms with Crippen LogP contribution in [0.25, 0.3) is 0 Å². The van der Waals surface area contributed by atoms with E-state index in [1.54, 1.807) is 12.3 Å². The number of ether oxygens (including phenoxy) is 1. The van der Waals surface area contributed by atoms with Crippen LogP contribution >= 0.6 is 11.6 Å². The number of rotatable bonds is 4. The molecule has 3 rings (SSSR count). The Morgan fingerprint density at radius 3 is 2.70 bits per heavy atom. The molecular weight excluding hydrogens is 316 g/mol. The van der Waals surface area contributed by atoms with E-state index < -0.39 is 0 Å². The monoisotopic (exact) mass is 332 g/mol. The number of halogens is 1. The van der Waals surface area contributed by atoms with Gasteiger partial charge in [0.15, 0.2) is 0 Å². The van der Waals surface area contributed by atoms with Gasteiger partial charge in [-0.25, -0.2) is 9.97 Å². The summed E-state index contributed by atoms with van der Waals surface area (Å²) < 4.78 is 5.30. The van der Waals surface area contributed by atoms with Crippen molar-refractivity contribution >= 4 is 23.3 Å². The predicted molar refractivity (Wildman–Crippen MR) is 87.7 cm³/mol. The Kier molecular flexibility index (Phi) is 5.05. The highest BCUT2D eigenvalue weighted by molar-refractivity contribution is 6.31. The molecule has 1 aromatic carbocycles. The van der Waals surface area contributed by atoms with Gasteiger partial charge < -0.3 is 15.0 Å². The SMILES string of the molecule is O=C(NCc1ccccc1Cl)c1cnc(N2CCOCC2)cn1. The maximum atomic E-state index is 12.1. The minimum Gasteiger partial charge on any atom is -0.378 e. The third-order valence-corrected chi connectivity index (χ3v) is 3.97. The van der Waals surface area contributed by atoms with Crippen molar-refractivity contribution in [2.75, 3.05) is 31.2 Å². The molecule has 0 aliphatic carbocycles. The van der Waals surface area contributed by atoms with Crippen LogP contribution < -0.4 is 10.2 Å². The molecule has 1 saturated heterocycles. The fraction of sp³-hybridized carbons (Fsp3) is 0.312. The van der Waals surface area contributed by atoms with E-state index in [9.17, 15) is 4.79 Å². The van der Waals surface area contributed by atoms with Gasteiger partial charge in [0.05, 0.1) is 25.6 Å². The van der Waals surface area contributed by atoms with Crippen LogP contribution in [0.4, 0.5) is 5.82 Å². The topological polar surface area (TPSA) is 67.4 Å². The summed E-state index contributed by atoms with van der Waals surface area (Å²) in [4.78, 5) is 22.7. The second-order valence-electron chi connectivity index (χ2n) is 5.13. The minimum absolute atomic E-state index is 0.272. The highest BCUT2D eigenvalue weighted by atomic mass is 35.5. The number of amides is 1. The summed E-state index contributed by atoms with van der Waals surface area (Å²) in [5.41, 5.74) is 1.15. The number of aromatic nitrogens is 2. The van der Waals surface area contributed by atoms with Gasteiger partial charge in [-0.05, 0) is 11.6 Å². The van der Waals surface area contributed by atoms with Crippen molar-refractivity contribution in [3.8, 4) is 0 Å². The molecule has 6 nitrogen and oxygen atoms in total. The molecule has 0 bridgehead atoms. The summed E-state index contributed by atoms with van der Waals surface area (Å²) in [6.07, 6.45) is 3.11. The standard InChI is InChI=1S/C16H17ClN4O2/c17-13-4-2-1-3-12(13)9-20-16(22)14-10-19-15(11-18-14)21-5-7-23-8-6-21/h1-4,10-11H,5-9H2,(H,20,22). The number of carbonyl (C=O) groups is 1. The van der Waals surface area contributed by atoms with Gasteiger partial charge in [-0.3, -0.25) is 4.79 Å². The van der Waals surface area contributed by atoms with E-state index >= 15 is 0 Å². The molecule has 23 heavy (non-hydrogen) atoms. The highest BCUT2D eigenvalue weighted by Gasteiger charge is 2.14. The summed E-state index contributed by atoms with van der Waals surface area (Å²) in [7, 11) is 0. The lowest BCUT2D eigenvalue weighted by atomic mass is 10.2. The number of morpholine rings is 1. The normalized spacial score (nSPS) is 14.6. The molecule has 1 aliphatic rings. The molecule has 120 valence electrons. The third kappa shape index (κ3) is 3.97. The largest absolute Gasteiger partial charge is 0.378 e. The summed E-state index contributed by atoms with van der Waals surface area (Å²) in [5, 5.41) is 3.42. The Labute approximate surface area is 139 Å². The van der Waals surface area contributed by atoms with Crippen LogP contribution in [-0.2, 0) is 11.3 Å². The van der Waals surface area contributed by atoms with Crippen molar-refractivity contribution in [2.24, 2.45) is 0 Å². The lowest BCUT2D eigenvalue weighted by Crippen LogP contribution is -2.37. The van der Waals surface area contributed by atoms with Crippen molar-refractivity contribution in [1.29, 1.82) is 0 Å². The maximum Gasteiger partial charge on any atom is 0.271 e. The molecular formula is C16H17ClN4O2. The predicted octanol–water partition coefficient (Wildman–Crippen LogP) is 1.90. The summed E-state index contributed by atoms with van der Waals surface area (Å²) >= 11 is 6.07. The van der Waals surface area contributed by atoms with Crippen molar-refractivity contribution in [1.82, 2.24) is 15.3 Å². The van der Waals surface area contributed by atoms with Gasteiger partial charge in [0.25, 0.3) is 5.91 Å². The van der Waals surface area contributed by atoms with Crippen LogP contribution in [-0.4, -0.2) is 42.2 Å². The Bertz CT molecular complexity index is 672. The molecule has 1 fully saturated rings. The molecule has 0 saturated carbocycles. The molecule has 1 aliphatic heterocycles. The number of anilines is 1. The van der Waals surface area contributed by atoms with Crippen LogP contribution in [0.3, 0.4) is 0 Å². The van der Waals surface area contributed by atoms with Crippen molar-refractivity contribution in [3.63, 3.8) is 0 Å². The second kappa shape index (κ2) is 7.39. The molecule has 2 aromatic rings. The molecule has 1 aromatic heterocycles. The number of hydrogen-bond donors (Lipinski definition) is 1. The van der Waals surface area contributed by atoms with E-state index in [0.29, 0.717) is 24.8 Å². The zero-order valence-electron chi connectivity index (χ0n) is 12.5. The molecule has 1 N–H and O–H groups in total. The average molecular weight is 333 g/mol. The minimum atomic E-state index is -0.272. The number of benzene rings is 1. The van der Waals surface area contributed by atoms with E-state index in [4.69, 9.17) is 16.3 Å². The number of hydrogen-bond acceptors (Lipinski definition) is 5. The van der Waals surface area contributed by atoms with E-state index in [0.717, 1.165) is 24.5 Å². The maximum absolute atomic E-state index is 12.1. The number of nitrogens with zero attached hydrogens (tertiary/aromatic N) is 3. The van der Waals surface area contributed by atoms with Crippen LogP contribution in [0, 0.1) is 0 Å². The Morgan fingerprint density at radius 2 is 2.00 bits per heavy atom. The average Bonchev–Trinajstić information content (AvgIpc) is 2.62. The van der Waals surface area contributed by atoms with Gasteiger partial charge in [-0.15, -0.1) is 0 Å². The molecule has 0 unspecified atom stereocenters. The lowest BCUT2D eigenvalue weighted by Gasteiger charge is -2.27. The Balaban J connectivity index is 1.60. The first kappa shape index (κ1) is 15.7. The number of carbonyl (C=O) groups excluding carboxylic acids is 1. The summed E-state index contributed by atoms with van der Waals surface area (Å²) in [5.74, 6) is 0.488. The van der Waals surface area contributed by atoms with Crippen LogP contribution in [0.1, 0.15) is 16.1 Å². The Hall–Kier alpha value is -2.18. The van der Waals surface area contributed by atoms with E-state index in [1.165, 1.54) is 6.20 Å². The summed E-state index contributed by atoms with van der Waals surface area (Å²) in [6, 6.07) is 7.39. The van der Waals surface area contributed by atoms with Crippen LogP contribution in [0.2, 0.25) is 5.02 Å². The first-order valence-electron chi connectivity index (χ1n) is 7.40. The van der Waals surface area contributed by atoms with Crippen molar-refractivity contribution in [2.45, 2.75) is 6.54 Å². The zero-order valence-corrected chi connectivity index (χ0v) is 13.3. The molecule has 1 amide bonds. The van der Waals surface area contributed by atoms with Crippen LogP contribution in [0.15, 0.2) is 36.7 Å². The van der Waals surface area contributed by atoms with Gasteiger partial charge in [0.1, 0.15) is 11.5 Å². The molecule has 0 atom stereocenters. The first-order chi connectivity index (χ1) is 11.2. The molecule has 2 heterocycles. The lowest BCUT2D eigenvalue weighted by molar-refractivity contribution is 0.0945. The Morgan fingerprint density at radius 1 is 1.22 bits per heavy atom. The summed E-state index contributed by atoms with van der Waals surface area (Å²) in [6.45, 7) is 3.29. The molecule has 0 radical (unpaired) electrons.